The fraction of sp³-hybridized carbons (Fsp3) is 0.361. The zero-order chi connectivity index (χ0) is 58.6. The Morgan fingerprint density at radius 1 is 0.805 bits per heavy atom. The number of nitriles is 1. The minimum absolute atomic E-state index is 0.00761. The van der Waals surface area contributed by atoms with E-state index >= 15 is 0 Å². The molecule has 2 amide bonds. The Balaban J connectivity index is 1.33. The van der Waals surface area contributed by atoms with Crippen LogP contribution in [-0.2, 0) is 38.4 Å². The summed E-state index contributed by atoms with van der Waals surface area (Å²) in [4.78, 5) is 57.6. The van der Waals surface area contributed by atoms with Gasteiger partial charge in [0.2, 0.25) is 23.7 Å². The van der Waals surface area contributed by atoms with Crippen molar-refractivity contribution in [2.45, 2.75) is 110 Å². The van der Waals surface area contributed by atoms with Crippen LogP contribution in [-0.4, -0.2) is 105 Å². The maximum absolute atomic E-state index is 14.6. The zero-order valence-corrected chi connectivity index (χ0v) is 48.3. The number of esters is 1. The summed E-state index contributed by atoms with van der Waals surface area (Å²) in [6, 6.07) is 43.7. The van der Waals surface area contributed by atoms with Crippen molar-refractivity contribution in [3.05, 3.63) is 163 Å². The lowest BCUT2D eigenvalue weighted by atomic mass is 9.80. The standard InChI is InChI=1S/C61H69N8O12P/c1-10-21-51(70)79-53-57(67-39-63-52-54(67)64-58(65-55(71)40(2)3)66-56(52)80-59(72)68(46-24-16-12-17-25-46)47-26-18-13-19-27-47)78-50(61(53,73)81-82(77-37-20-36-62)69(41(4)5)42(6)7)38-76-60(43-22-14-11-15-23-43,44-28-32-48(74-8)33-29-44)45-30-34-49(75-9)35-31-45/h11-19,22-35,39-42,50,53,57,73H,10,20-21,37-38H2,1-9H3,(H,64,65,66,71)/t50-,53+,57-,61+,82?/m1/s1. The molecule has 1 saturated heterocycles. The second kappa shape index (κ2) is 27.3. The van der Waals surface area contributed by atoms with Crippen LogP contribution in [0.15, 0.2) is 146 Å². The van der Waals surface area contributed by atoms with E-state index in [1.807, 2.05) is 130 Å². The second-order valence-corrected chi connectivity index (χ2v) is 21.5. The number of nitrogens with one attached hydrogen (secondary N) is 1. The van der Waals surface area contributed by atoms with Gasteiger partial charge in [-0.1, -0.05) is 112 Å². The zero-order valence-electron chi connectivity index (χ0n) is 47.4. The van der Waals surface area contributed by atoms with Gasteiger partial charge in [0, 0.05) is 24.4 Å². The molecule has 20 nitrogen and oxygen atoms in total. The number of aromatic nitrogens is 4. The molecule has 5 atom stereocenters. The topological polar surface area (TPSA) is 231 Å². The lowest BCUT2D eigenvalue weighted by Gasteiger charge is -2.42. The van der Waals surface area contributed by atoms with Gasteiger partial charge in [-0.2, -0.15) is 15.2 Å². The van der Waals surface area contributed by atoms with E-state index in [1.165, 1.54) is 15.8 Å². The van der Waals surface area contributed by atoms with E-state index in [-0.39, 0.29) is 54.5 Å². The molecular formula is C61H69N8O12P. The minimum atomic E-state index is -2.66. The Bertz CT molecular complexity index is 3180. The minimum Gasteiger partial charge on any atom is -0.497 e. The van der Waals surface area contributed by atoms with E-state index in [2.05, 4.69) is 16.4 Å². The van der Waals surface area contributed by atoms with Crippen LogP contribution < -0.4 is 24.4 Å². The summed E-state index contributed by atoms with van der Waals surface area (Å²) in [7, 11) is 0.836. The van der Waals surface area contributed by atoms with E-state index in [0.717, 1.165) is 0 Å². The number of rotatable bonds is 25. The Morgan fingerprint density at radius 3 is 1.87 bits per heavy atom. The SMILES string of the molecule is CCCC(=O)O[C@H]1[C@H](n2cnc3c(OC(=O)N(c4ccccc4)c4ccccc4)nc(NC(=O)C(C)C)nc32)O[C@H](COC(c2ccccc2)(c2ccc(OC)cc2)c2ccc(OC)cc2)[C@]1(O)OP(OCCC#N)N(C(C)C)C(C)C. The largest absolute Gasteiger partial charge is 0.497 e. The van der Waals surface area contributed by atoms with E-state index < -0.39 is 68.8 Å². The number of nitrogens with zero attached hydrogens (tertiary/aromatic N) is 7. The molecule has 1 aliphatic heterocycles. The molecule has 2 N–H and O–H groups in total. The Hall–Kier alpha value is -7.86. The van der Waals surface area contributed by atoms with Crippen molar-refractivity contribution in [1.82, 2.24) is 24.2 Å². The molecule has 82 heavy (non-hydrogen) atoms. The number of aliphatic hydroxyl groups is 1. The van der Waals surface area contributed by atoms with Crippen molar-refractivity contribution >= 4 is 55.0 Å². The molecule has 0 spiro atoms. The van der Waals surface area contributed by atoms with Crippen LogP contribution in [0.3, 0.4) is 0 Å². The van der Waals surface area contributed by atoms with E-state index in [1.54, 1.807) is 76.6 Å². The van der Waals surface area contributed by atoms with Crippen LogP contribution in [0.5, 0.6) is 17.4 Å². The van der Waals surface area contributed by atoms with Gasteiger partial charge in [-0.05, 0) is 99.3 Å². The van der Waals surface area contributed by atoms with Crippen molar-refractivity contribution in [3.63, 3.8) is 0 Å². The average Bonchev–Trinajstić information content (AvgIpc) is 3.69. The molecule has 8 rings (SSSR count). The number of ether oxygens (including phenoxy) is 6. The van der Waals surface area contributed by atoms with Gasteiger partial charge in [0.25, 0.3) is 14.4 Å². The summed E-state index contributed by atoms with van der Waals surface area (Å²) in [6.07, 6.45) is -4.15. The van der Waals surface area contributed by atoms with Gasteiger partial charge in [0.15, 0.2) is 17.4 Å². The highest BCUT2D eigenvalue weighted by molar-refractivity contribution is 7.44. The number of benzene rings is 5. The van der Waals surface area contributed by atoms with Crippen molar-refractivity contribution in [2.75, 3.05) is 37.7 Å². The maximum atomic E-state index is 14.6. The summed E-state index contributed by atoms with van der Waals surface area (Å²) in [5.74, 6) is -3.78. The van der Waals surface area contributed by atoms with Gasteiger partial charge >= 0.3 is 12.1 Å². The summed E-state index contributed by atoms with van der Waals surface area (Å²) < 4.78 is 55.0. The molecule has 0 aliphatic carbocycles. The van der Waals surface area contributed by atoms with Crippen LogP contribution in [0.2, 0.25) is 0 Å². The summed E-state index contributed by atoms with van der Waals surface area (Å²) in [6.45, 7) is 12.4. The number of fused-ring (bicyclic) bond motifs is 1. The average molecular weight is 1140 g/mol. The Morgan fingerprint density at radius 2 is 1.35 bits per heavy atom. The first-order valence-corrected chi connectivity index (χ1v) is 28.2. The van der Waals surface area contributed by atoms with Crippen LogP contribution in [0.1, 0.15) is 90.6 Å². The summed E-state index contributed by atoms with van der Waals surface area (Å²) in [5.41, 5.74) is 1.37. The van der Waals surface area contributed by atoms with Crippen LogP contribution in [0, 0.1) is 17.2 Å². The number of anilines is 3. The van der Waals surface area contributed by atoms with Gasteiger partial charge in [-0.25, -0.2) is 19.3 Å². The molecule has 2 aromatic heterocycles. The third-order valence-electron chi connectivity index (χ3n) is 13.5. The fourth-order valence-corrected chi connectivity index (χ4v) is 11.3. The third-order valence-corrected chi connectivity index (χ3v) is 15.6. The highest BCUT2D eigenvalue weighted by Crippen LogP contribution is 2.55. The van der Waals surface area contributed by atoms with Crippen molar-refractivity contribution in [1.29, 1.82) is 5.26 Å². The molecule has 0 radical (unpaired) electrons. The van der Waals surface area contributed by atoms with E-state index in [0.29, 0.717) is 46.0 Å². The molecule has 1 fully saturated rings. The lowest BCUT2D eigenvalue weighted by molar-refractivity contribution is -0.235. The van der Waals surface area contributed by atoms with Gasteiger partial charge in [-0.15, -0.1) is 0 Å². The van der Waals surface area contributed by atoms with E-state index in [9.17, 15) is 24.8 Å². The predicted octanol–water partition coefficient (Wildman–Crippen LogP) is 11.4. The first kappa shape index (κ1) is 60.2. The van der Waals surface area contributed by atoms with Crippen molar-refractivity contribution in [3.8, 4) is 23.4 Å². The molecule has 0 bridgehead atoms. The predicted molar refractivity (Wildman–Crippen MR) is 308 cm³/mol. The molecule has 3 heterocycles. The number of carbonyl (C=O) groups excluding carboxylic acids is 3. The first-order valence-electron chi connectivity index (χ1n) is 27.1. The Labute approximate surface area is 478 Å². The number of hydrogen-bond donors (Lipinski definition) is 2. The number of carbonyl (C=O) groups is 3. The number of hydrogen-bond acceptors (Lipinski definition) is 17. The molecule has 5 aromatic carbocycles. The molecule has 21 heteroatoms. The highest BCUT2D eigenvalue weighted by Gasteiger charge is 2.63. The highest BCUT2D eigenvalue weighted by atomic mass is 31.2. The number of amides is 2. The lowest BCUT2D eigenvalue weighted by Crippen LogP contribution is -2.54. The van der Waals surface area contributed by atoms with Gasteiger partial charge < -0.3 is 38.1 Å². The molecule has 0 saturated carbocycles. The Kier molecular flexibility index (Phi) is 20.0. The monoisotopic (exact) mass is 1140 g/mol. The summed E-state index contributed by atoms with van der Waals surface area (Å²) >= 11 is 0. The number of imidazole rings is 1. The maximum Gasteiger partial charge on any atom is 0.425 e. The second-order valence-electron chi connectivity index (χ2n) is 20.1. The van der Waals surface area contributed by atoms with Gasteiger partial charge in [-0.3, -0.25) is 24.0 Å². The molecular weight excluding hydrogens is 1070 g/mol. The van der Waals surface area contributed by atoms with E-state index in [4.69, 9.17) is 47.4 Å². The number of methoxy groups -OCH3 is 2. The fourth-order valence-electron chi connectivity index (χ4n) is 9.54. The van der Waals surface area contributed by atoms with Crippen LogP contribution >= 0.6 is 8.53 Å². The van der Waals surface area contributed by atoms with Crippen molar-refractivity contribution < 1.29 is 57.0 Å². The quantitative estimate of drug-likeness (QED) is 0.0178. The molecule has 1 unspecified atom stereocenters. The smallest absolute Gasteiger partial charge is 0.425 e. The summed E-state index contributed by atoms with van der Waals surface area (Å²) in [5, 5.41) is 26.4. The third kappa shape index (κ3) is 13.2. The van der Waals surface area contributed by atoms with Gasteiger partial charge in [0.1, 0.15) is 23.2 Å². The number of para-hydroxylation sites is 2. The molecule has 430 valence electrons. The van der Waals surface area contributed by atoms with Crippen molar-refractivity contribution in [2.24, 2.45) is 5.92 Å². The molecule has 1 aliphatic rings. The van der Waals surface area contributed by atoms with Crippen LogP contribution in [0.4, 0.5) is 22.1 Å². The molecule has 7 aromatic rings. The first-order chi connectivity index (χ1) is 39.6. The normalized spacial score (nSPS) is 17.5. The van der Waals surface area contributed by atoms with Gasteiger partial charge in [0.05, 0.1) is 57.6 Å². The van der Waals surface area contributed by atoms with Crippen LogP contribution in [0.25, 0.3) is 11.2 Å².